The van der Waals surface area contributed by atoms with E-state index in [1.807, 2.05) is 31.2 Å². The number of hydrogen-bond donors (Lipinski definition) is 1. The van der Waals surface area contributed by atoms with Crippen molar-refractivity contribution >= 4 is 5.97 Å². The maximum Gasteiger partial charge on any atom is 0.337 e. The summed E-state index contributed by atoms with van der Waals surface area (Å²) in [7, 11) is 0. The van der Waals surface area contributed by atoms with Gasteiger partial charge in [-0.25, -0.2) is 9.78 Å². The lowest BCUT2D eigenvalue weighted by Gasteiger charge is -2.08. The maximum absolute atomic E-state index is 10.9. The second-order valence-electron chi connectivity index (χ2n) is 3.96. The maximum atomic E-state index is 10.9. The number of aromatic carboxylic acids is 1. The average molecular weight is 243 g/mol. The number of carboxylic acids is 1. The number of aromatic nitrogens is 1. The van der Waals surface area contributed by atoms with Crippen molar-refractivity contribution in [1.82, 2.24) is 4.98 Å². The molecule has 92 valence electrons. The van der Waals surface area contributed by atoms with Crippen LogP contribution in [0.3, 0.4) is 0 Å². The summed E-state index contributed by atoms with van der Waals surface area (Å²) in [5.74, 6) is 0.127. The van der Waals surface area contributed by atoms with Crippen molar-refractivity contribution in [1.29, 1.82) is 0 Å². The van der Waals surface area contributed by atoms with Gasteiger partial charge in [0, 0.05) is 6.07 Å². The van der Waals surface area contributed by atoms with Crippen LogP contribution < -0.4 is 4.74 Å². The summed E-state index contributed by atoms with van der Waals surface area (Å²) >= 11 is 0. The molecule has 2 rings (SSSR count). The van der Waals surface area contributed by atoms with Gasteiger partial charge in [0.15, 0.2) is 0 Å². The number of ether oxygens (including phenoxy) is 1. The molecule has 0 radical (unpaired) electrons. The van der Waals surface area contributed by atoms with Gasteiger partial charge in [0.25, 0.3) is 0 Å². The highest BCUT2D eigenvalue weighted by atomic mass is 16.5. The van der Waals surface area contributed by atoms with Crippen LogP contribution in [0.25, 0.3) is 0 Å². The molecule has 1 heterocycles. The first-order valence-electron chi connectivity index (χ1n) is 5.52. The molecule has 0 amide bonds. The Balaban J connectivity index is 2.29. The molecule has 0 fully saturated rings. The van der Waals surface area contributed by atoms with Crippen LogP contribution in [-0.2, 0) is 0 Å². The van der Waals surface area contributed by atoms with Gasteiger partial charge in [0.2, 0.25) is 5.88 Å². The number of aryl methyl sites for hydroxylation is 2. The van der Waals surface area contributed by atoms with Crippen LogP contribution in [-0.4, -0.2) is 16.1 Å². The number of pyridine rings is 1. The predicted molar refractivity (Wildman–Crippen MR) is 67.2 cm³/mol. The highest BCUT2D eigenvalue weighted by molar-refractivity contribution is 5.88. The number of para-hydroxylation sites is 1. The highest BCUT2D eigenvalue weighted by Gasteiger charge is 2.10. The first-order valence-corrected chi connectivity index (χ1v) is 5.52. The largest absolute Gasteiger partial charge is 0.478 e. The van der Waals surface area contributed by atoms with Crippen molar-refractivity contribution < 1.29 is 14.6 Å². The van der Waals surface area contributed by atoms with E-state index >= 15 is 0 Å². The van der Waals surface area contributed by atoms with E-state index in [1.165, 1.54) is 6.07 Å². The summed E-state index contributed by atoms with van der Waals surface area (Å²) < 4.78 is 5.62. The summed E-state index contributed by atoms with van der Waals surface area (Å²) in [5, 5.41) is 8.91. The number of hydrogen-bond acceptors (Lipinski definition) is 3. The third kappa shape index (κ3) is 2.48. The summed E-state index contributed by atoms with van der Waals surface area (Å²) in [6.07, 6.45) is 0. The van der Waals surface area contributed by atoms with Crippen LogP contribution in [0.4, 0.5) is 0 Å². The molecule has 4 nitrogen and oxygen atoms in total. The molecule has 0 saturated heterocycles. The molecule has 0 bridgehead atoms. The summed E-state index contributed by atoms with van der Waals surface area (Å²) in [5.41, 5.74) is 1.62. The summed E-state index contributed by atoms with van der Waals surface area (Å²) in [6.45, 7) is 3.59. The number of rotatable bonds is 3. The zero-order valence-corrected chi connectivity index (χ0v) is 10.2. The lowest BCUT2D eigenvalue weighted by atomic mass is 10.2. The molecule has 0 aliphatic rings. The van der Waals surface area contributed by atoms with E-state index < -0.39 is 5.97 Å². The Kier molecular flexibility index (Phi) is 3.28. The molecule has 2 aromatic rings. The normalized spacial score (nSPS) is 10.1. The van der Waals surface area contributed by atoms with Gasteiger partial charge in [-0.1, -0.05) is 18.2 Å². The minimum atomic E-state index is -0.984. The van der Waals surface area contributed by atoms with E-state index in [0.29, 0.717) is 17.3 Å². The Morgan fingerprint density at radius 2 is 1.89 bits per heavy atom. The summed E-state index contributed by atoms with van der Waals surface area (Å²) in [4.78, 5) is 15.0. The van der Waals surface area contributed by atoms with Crippen molar-refractivity contribution in [2.24, 2.45) is 0 Å². The Hall–Kier alpha value is -2.36. The van der Waals surface area contributed by atoms with Gasteiger partial charge in [-0.05, 0) is 31.5 Å². The highest BCUT2D eigenvalue weighted by Crippen LogP contribution is 2.23. The molecule has 0 atom stereocenters. The Labute approximate surface area is 105 Å². The molecule has 0 aliphatic heterocycles. The van der Waals surface area contributed by atoms with Gasteiger partial charge in [-0.2, -0.15) is 0 Å². The quantitative estimate of drug-likeness (QED) is 0.899. The van der Waals surface area contributed by atoms with E-state index in [4.69, 9.17) is 9.84 Å². The number of nitrogens with zero attached hydrogens (tertiary/aromatic N) is 1. The molecule has 4 heteroatoms. The number of carbonyl (C=O) groups is 1. The summed E-state index contributed by atoms with van der Waals surface area (Å²) in [6, 6.07) is 10.6. The molecular weight excluding hydrogens is 230 g/mol. The van der Waals surface area contributed by atoms with Crippen LogP contribution in [0.5, 0.6) is 11.6 Å². The Bertz CT molecular complexity index is 593. The van der Waals surface area contributed by atoms with Crippen LogP contribution in [0.2, 0.25) is 0 Å². The molecule has 18 heavy (non-hydrogen) atoms. The zero-order chi connectivity index (χ0) is 13.1. The van der Waals surface area contributed by atoms with E-state index in [2.05, 4.69) is 4.98 Å². The minimum Gasteiger partial charge on any atom is -0.478 e. The first-order chi connectivity index (χ1) is 8.58. The third-order valence-electron chi connectivity index (χ3n) is 2.60. The van der Waals surface area contributed by atoms with E-state index in [-0.39, 0.29) is 5.56 Å². The van der Waals surface area contributed by atoms with Gasteiger partial charge < -0.3 is 9.84 Å². The lowest BCUT2D eigenvalue weighted by molar-refractivity contribution is 0.0695. The second-order valence-corrected chi connectivity index (χ2v) is 3.96. The minimum absolute atomic E-state index is 0.187. The fourth-order valence-corrected chi connectivity index (χ4v) is 1.60. The topological polar surface area (TPSA) is 59.4 Å². The van der Waals surface area contributed by atoms with Gasteiger partial charge in [-0.3, -0.25) is 0 Å². The van der Waals surface area contributed by atoms with Crippen LogP contribution >= 0.6 is 0 Å². The average Bonchev–Trinajstić information content (AvgIpc) is 2.32. The van der Waals surface area contributed by atoms with Crippen molar-refractivity contribution in [3.63, 3.8) is 0 Å². The molecule has 0 saturated carbocycles. The van der Waals surface area contributed by atoms with Crippen molar-refractivity contribution in [2.75, 3.05) is 0 Å². The van der Waals surface area contributed by atoms with Crippen molar-refractivity contribution in [2.45, 2.75) is 13.8 Å². The van der Waals surface area contributed by atoms with Crippen LogP contribution in [0, 0.1) is 13.8 Å². The zero-order valence-electron chi connectivity index (χ0n) is 10.2. The van der Waals surface area contributed by atoms with Gasteiger partial charge in [0.1, 0.15) is 5.75 Å². The SMILES string of the molecule is Cc1ccccc1Oc1ccc(C(=O)O)c(C)n1. The fraction of sp³-hybridized carbons (Fsp3) is 0.143. The van der Waals surface area contributed by atoms with Crippen molar-refractivity contribution in [3.8, 4) is 11.6 Å². The van der Waals surface area contributed by atoms with Gasteiger partial charge in [-0.15, -0.1) is 0 Å². The third-order valence-corrected chi connectivity index (χ3v) is 2.60. The molecule has 1 aromatic heterocycles. The monoisotopic (exact) mass is 243 g/mol. The van der Waals surface area contributed by atoms with Crippen LogP contribution in [0.1, 0.15) is 21.6 Å². The van der Waals surface area contributed by atoms with E-state index in [0.717, 1.165) is 5.56 Å². The van der Waals surface area contributed by atoms with Gasteiger partial charge in [0.05, 0.1) is 11.3 Å². The van der Waals surface area contributed by atoms with E-state index in [1.54, 1.807) is 13.0 Å². The molecule has 1 aromatic carbocycles. The lowest BCUT2D eigenvalue weighted by Crippen LogP contribution is -2.02. The molecule has 0 aliphatic carbocycles. The smallest absolute Gasteiger partial charge is 0.337 e. The van der Waals surface area contributed by atoms with E-state index in [9.17, 15) is 4.79 Å². The van der Waals surface area contributed by atoms with Gasteiger partial charge >= 0.3 is 5.97 Å². The predicted octanol–water partition coefficient (Wildman–Crippen LogP) is 3.19. The Morgan fingerprint density at radius 3 is 2.50 bits per heavy atom. The molecule has 0 unspecified atom stereocenters. The Morgan fingerprint density at radius 1 is 1.17 bits per heavy atom. The first kappa shape index (κ1) is 12.1. The second kappa shape index (κ2) is 4.87. The molecule has 1 N–H and O–H groups in total. The fourth-order valence-electron chi connectivity index (χ4n) is 1.60. The van der Waals surface area contributed by atoms with Crippen LogP contribution in [0.15, 0.2) is 36.4 Å². The standard InChI is InChI=1S/C14H13NO3/c1-9-5-3-4-6-12(9)18-13-8-7-11(14(16)17)10(2)15-13/h3-8H,1-2H3,(H,16,17). The van der Waals surface area contributed by atoms with Crippen molar-refractivity contribution in [3.05, 3.63) is 53.2 Å². The molecule has 0 spiro atoms. The molecular formula is C14H13NO3. The number of benzene rings is 1. The number of carboxylic acid groups (broad SMARTS) is 1.